The Labute approximate surface area is 130 Å². The predicted octanol–water partition coefficient (Wildman–Crippen LogP) is 3.13. The Kier molecular flexibility index (Phi) is 7.55. The van der Waals surface area contributed by atoms with Crippen molar-refractivity contribution in [1.29, 1.82) is 5.26 Å². The molecule has 0 aliphatic heterocycles. The molecule has 0 saturated heterocycles. The van der Waals surface area contributed by atoms with Crippen molar-refractivity contribution in [3.8, 4) is 6.07 Å². The highest BCUT2D eigenvalue weighted by Crippen LogP contribution is 2.19. The van der Waals surface area contributed by atoms with Crippen LogP contribution in [0.2, 0.25) is 0 Å². The van der Waals surface area contributed by atoms with E-state index < -0.39 is 0 Å². The van der Waals surface area contributed by atoms with Gasteiger partial charge in [0, 0.05) is 30.5 Å². The van der Waals surface area contributed by atoms with Gasteiger partial charge in [-0.3, -0.25) is 9.59 Å². The predicted molar refractivity (Wildman–Crippen MR) is 84.3 cm³/mol. The van der Waals surface area contributed by atoms with Gasteiger partial charge in [0.2, 0.25) is 5.91 Å². The number of hydrogen-bond donors (Lipinski definition) is 0. The van der Waals surface area contributed by atoms with Crippen LogP contribution < -0.4 is 0 Å². The molecule has 0 heterocycles. The summed E-state index contributed by atoms with van der Waals surface area (Å²) < 4.78 is 0. The maximum absolute atomic E-state index is 11.8. The van der Waals surface area contributed by atoms with Crippen molar-refractivity contribution >= 4 is 23.5 Å². The van der Waals surface area contributed by atoms with E-state index >= 15 is 0 Å². The van der Waals surface area contributed by atoms with Crippen molar-refractivity contribution in [1.82, 2.24) is 4.90 Å². The van der Waals surface area contributed by atoms with E-state index in [1.807, 2.05) is 37.3 Å². The Bertz CT molecular complexity index is 520. The summed E-state index contributed by atoms with van der Waals surface area (Å²) in [4.78, 5) is 26.1. The number of benzene rings is 1. The first-order valence-electron chi connectivity index (χ1n) is 6.95. The number of amides is 1. The van der Waals surface area contributed by atoms with Crippen LogP contribution >= 0.6 is 11.8 Å². The maximum Gasteiger partial charge on any atom is 0.232 e. The molecular formula is C16H20N2O2S. The fourth-order valence-corrected chi connectivity index (χ4v) is 2.55. The van der Waals surface area contributed by atoms with Gasteiger partial charge in [-0.2, -0.15) is 5.26 Å². The van der Waals surface area contributed by atoms with Crippen LogP contribution in [-0.4, -0.2) is 35.9 Å². The first-order valence-corrected chi connectivity index (χ1v) is 7.94. The van der Waals surface area contributed by atoms with Gasteiger partial charge in [0.05, 0.1) is 18.2 Å². The van der Waals surface area contributed by atoms with Crippen LogP contribution in [0.5, 0.6) is 0 Å². The van der Waals surface area contributed by atoms with Gasteiger partial charge < -0.3 is 4.90 Å². The molecule has 1 amide bonds. The number of carbonyl (C=O) groups is 2. The summed E-state index contributed by atoms with van der Waals surface area (Å²) in [6.07, 6.45) is 1.76. The fraction of sp³-hybridized carbons (Fsp3) is 0.438. The van der Waals surface area contributed by atoms with Crippen molar-refractivity contribution in [2.24, 2.45) is 0 Å². The van der Waals surface area contributed by atoms with Gasteiger partial charge in [-0.15, -0.1) is 11.8 Å². The lowest BCUT2D eigenvalue weighted by atomic mass is 10.1. The lowest BCUT2D eigenvalue weighted by Gasteiger charge is -2.14. The Hall–Kier alpha value is -1.80. The highest BCUT2D eigenvalue weighted by Gasteiger charge is 2.09. The number of nitrogens with zero attached hydrogens (tertiary/aromatic N) is 2. The first-order chi connectivity index (χ1) is 10.1. The lowest BCUT2D eigenvalue weighted by molar-refractivity contribution is -0.127. The van der Waals surface area contributed by atoms with Crippen LogP contribution in [0.4, 0.5) is 0 Å². The van der Waals surface area contributed by atoms with Crippen molar-refractivity contribution in [3.63, 3.8) is 0 Å². The number of rotatable bonds is 8. The van der Waals surface area contributed by atoms with Gasteiger partial charge in [-0.25, -0.2) is 0 Å². The molecule has 1 aromatic rings. The van der Waals surface area contributed by atoms with Gasteiger partial charge in [0.1, 0.15) is 0 Å². The zero-order chi connectivity index (χ0) is 15.7. The summed E-state index contributed by atoms with van der Waals surface area (Å²) in [6.45, 7) is 2.44. The van der Waals surface area contributed by atoms with Crippen LogP contribution in [0.25, 0.3) is 0 Å². The van der Waals surface area contributed by atoms with E-state index in [2.05, 4.69) is 0 Å². The maximum atomic E-state index is 11.8. The second kappa shape index (κ2) is 9.19. The third-order valence-electron chi connectivity index (χ3n) is 3.00. The summed E-state index contributed by atoms with van der Waals surface area (Å²) >= 11 is 1.44. The van der Waals surface area contributed by atoms with Gasteiger partial charge in [-0.05, 0) is 18.6 Å². The largest absolute Gasteiger partial charge is 0.344 e. The van der Waals surface area contributed by atoms with E-state index in [1.54, 1.807) is 11.9 Å². The minimum absolute atomic E-state index is 0.00128. The number of Topliss-reactive ketones (excluding diaryl/α,β-unsaturated/α-hetero) is 1. The molecule has 5 heteroatoms. The second-order valence-electron chi connectivity index (χ2n) is 4.71. The molecule has 0 aromatic heterocycles. The summed E-state index contributed by atoms with van der Waals surface area (Å²) in [5, 5.41) is 8.49. The Morgan fingerprint density at radius 3 is 2.52 bits per heavy atom. The third-order valence-corrected chi connectivity index (χ3v) is 4.00. The molecule has 0 unspecified atom stereocenters. The van der Waals surface area contributed by atoms with E-state index in [4.69, 9.17) is 5.26 Å². The molecule has 0 fully saturated rings. The molecule has 0 bridgehead atoms. The number of ketones is 1. The third kappa shape index (κ3) is 6.01. The zero-order valence-electron chi connectivity index (χ0n) is 12.5. The highest BCUT2D eigenvalue weighted by molar-refractivity contribution is 8.00. The minimum Gasteiger partial charge on any atom is -0.344 e. The lowest BCUT2D eigenvalue weighted by Crippen LogP contribution is -2.29. The van der Waals surface area contributed by atoms with Crippen LogP contribution in [0.1, 0.15) is 36.5 Å². The topological polar surface area (TPSA) is 61.2 Å². The average Bonchev–Trinajstić information content (AvgIpc) is 2.50. The molecule has 112 valence electrons. The Balaban J connectivity index is 2.47. The smallest absolute Gasteiger partial charge is 0.232 e. The number of nitriles is 1. The van der Waals surface area contributed by atoms with Gasteiger partial charge in [0.15, 0.2) is 5.78 Å². The molecule has 0 spiro atoms. The molecular weight excluding hydrogens is 284 g/mol. The van der Waals surface area contributed by atoms with Crippen LogP contribution in [0, 0.1) is 11.3 Å². The van der Waals surface area contributed by atoms with E-state index in [1.165, 1.54) is 11.8 Å². The highest BCUT2D eigenvalue weighted by atomic mass is 32.2. The fourth-order valence-electron chi connectivity index (χ4n) is 1.71. The minimum atomic E-state index is 0.00128. The monoisotopic (exact) mass is 304 g/mol. The molecule has 1 rings (SSSR count). The molecule has 1 aromatic carbocycles. The average molecular weight is 304 g/mol. The van der Waals surface area contributed by atoms with E-state index in [0.717, 1.165) is 16.9 Å². The molecule has 0 aliphatic carbocycles. The van der Waals surface area contributed by atoms with Crippen LogP contribution in [0.15, 0.2) is 29.2 Å². The zero-order valence-corrected chi connectivity index (χ0v) is 13.3. The standard InChI is InChI=1S/C16H20N2O2S/c1-3-5-15(19)13-6-8-14(9-7-13)21-12-16(20)18(2)11-4-10-17/h6-9H,3-5,11-12H2,1-2H3. The molecule has 4 nitrogen and oxygen atoms in total. The summed E-state index contributed by atoms with van der Waals surface area (Å²) in [7, 11) is 1.70. The van der Waals surface area contributed by atoms with Crippen LogP contribution in [-0.2, 0) is 4.79 Å². The van der Waals surface area contributed by atoms with E-state index in [-0.39, 0.29) is 11.7 Å². The van der Waals surface area contributed by atoms with E-state index in [0.29, 0.717) is 25.1 Å². The van der Waals surface area contributed by atoms with Gasteiger partial charge in [0.25, 0.3) is 0 Å². The molecule has 0 aliphatic rings. The molecule has 0 N–H and O–H groups in total. The van der Waals surface area contributed by atoms with Crippen molar-refractivity contribution < 1.29 is 9.59 Å². The van der Waals surface area contributed by atoms with Crippen molar-refractivity contribution in [2.45, 2.75) is 31.1 Å². The molecule has 0 saturated carbocycles. The summed E-state index contributed by atoms with van der Waals surface area (Å²) in [5.41, 5.74) is 0.721. The van der Waals surface area contributed by atoms with Crippen molar-refractivity contribution in [3.05, 3.63) is 29.8 Å². The van der Waals surface area contributed by atoms with E-state index in [9.17, 15) is 9.59 Å². The first kappa shape index (κ1) is 17.3. The summed E-state index contributed by atoms with van der Waals surface area (Å²) in [6, 6.07) is 9.38. The number of carbonyl (C=O) groups excluding carboxylic acids is 2. The second-order valence-corrected chi connectivity index (χ2v) is 5.76. The molecule has 0 atom stereocenters. The SMILES string of the molecule is CCCC(=O)c1ccc(SCC(=O)N(C)CCC#N)cc1. The normalized spacial score (nSPS) is 9.95. The van der Waals surface area contributed by atoms with Crippen molar-refractivity contribution in [2.75, 3.05) is 19.3 Å². The van der Waals surface area contributed by atoms with Gasteiger partial charge >= 0.3 is 0 Å². The Morgan fingerprint density at radius 1 is 1.29 bits per heavy atom. The Morgan fingerprint density at radius 2 is 1.95 bits per heavy atom. The number of thioether (sulfide) groups is 1. The molecule has 21 heavy (non-hydrogen) atoms. The summed E-state index contributed by atoms with van der Waals surface area (Å²) in [5.74, 6) is 0.493. The molecule has 0 radical (unpaired) electrons. The van der Waals surface area contributed by atoms with Gasteiger partial charge in [-0.1, -0.05) is 19.1 Å². The number of hydrogen-bond acceptors (Lipinski definition) is 4. The quantitative estimate of drug-likeness (QED) is 0.547. The van der Waals surface area contributed by atoms with Crippen LogP contribution in [0.3, 0.4) is 0 Å².